The molecule has 0 unspecified atom stereocenters. The second-order valence-corrected chi connectivity index (χ2v) is 10.9. The van der Waals surface area contributed by atoms with Crippen LogP contribution < -0.4 is 4.57 Å². The van der Waals surface area contributed by atoms with E-state index in [1.165, 1.54) is 121 Å². The van der Waals surface area contributed by atoms with Gasteiger partial charge in [-0.1, -0.05) is 129 Å². The van der Waals surface area contributed by atoms with Gasteiger partial charge in [0.1, 0.15) is 12.4 Å². The lowest BCUT2D eigenvalue weighted by Crippen LogP contribution is -2.30. The second-order valence-electron chi connectivity index (χ2n) is 9.86. The Morgan fingerprint density at radius 3 is 1.49 bits per heavy atom. The predicted molar refractivity (Wildman–Crippen MR) is 145 cm³/mol. The lowest BCUT2D eigenvalue weighted by atomic mass is 10.1. The minimum Gasteiger partial charge on any atom is -0.726 e. The van der Waals surface area contributed by atoms with Crippen molar-refractivity contribution in [2.75, 3.05) is 6.61 Å². The van der Waals surface area contributed by atoms with E-state index in [0.29, 0.717) is 6.42 Å². The Morgan fingerprint density at radius 1 is 0.714 bits per heavy atom. The molecule has 0 atom stereocenters. The van der Waals surface area contributed by atoms with Gasteiger partial charge in [0.15, 0.2) is 0 Å². The fourth-order valence-electron chi connectivity index (χ4n) is 4.22. The summed E-state index contributed by atoms with van der Waals surface area (Å²) in [7, 11) is -2.37. The second kappa shape index (κ2) is 24.8. The van der Waals surface area contributed by atoms with Crippen molar-refractivity contribution in [2.24, 2.45) is 7.05 Å². The fourth-order valence-corrected chi connectivity index (χ4v) is 4.54. The van der Waals surface area contributed by atoms with E-state index in [2.05, 4.69) is 40.8 Å². The van der Waals surface area contributed by atoms with E-state index in [1.54, 1.807) is 0 Å². The molecule has 0 amide bonds. The average molecular weight is 517 g/mol. The summed E-state index contributed by atoms with van der Waals surface area (Å²) in [5, 5.41) is 0. The van der Waals surface area contributed by atoms with Crippen molar-refractivity contribution in [1.29, 1.82) is 0 Å². The Bertz CT molecular complexity index is 662. The standard InChI is InChI=1S/C16H30N2.C12H26O4S/c1-3-4-5-6-7-8-9-10-11-12-13-16-17-14-15-18(16)2;1-2-3-4-5-6-7-8-9-10-11-12-16-17(13,14)15/h14-15H,3-13H2,1-2H3;2-12H2,1H3,(H,13,14,15). The number of aryl methyl sites for hydroxylation is 2. The minimum absolute atomic E-state index is 0.0301. The van der Waals surface area contributed by atoms with Crippen LogP contribution in [0.5, 0.6) is 0 Å². The molecule has 1 N–H and O–H groups in total. The molecule has 0 aliphatic heterocycles. The zero-order valence-corrected chi connectivity index (χ0v) is 24.0. The Labute approximate surface area is 217 Å². The Morgan fingerprint density at radius 2 is 1.11 bits per heavy atom. The highest BCUT2D eigenvalue weighted by Gasteiger charge is 2.05. The Hall–Kier alpha value is -0.920. The number of rotatable bonds is 23. The molecular formula is C28H56N2O4S. The smallest absolute Gasteiger partial charge is 0.253 e. The highest BCUT2D eigenvalue weighted by atomic mass is 32.3. The molecule has 6 nitrogen and oxygen atoms in total. The van der Waals surface area contributed by atoms with Crippen molar-refractivity contribution in [3.63, 3.8) is 0 Å². The van der Waals surface area contributed by atoms with Gasteiger partial charge in [0.05, 0.1) is 13.7 Å². The van der Waals surface area contributed by atoms with Gasteiger partial charge in [0.25, 0.3) is 5.82 Å². The number of H-pyrrole nitrogens is 1. The first-order valence-electron chi connectivity index (χ1n) is 14.5. The number of hydrogen-bond acceptors (Lipinski definition) is 4. The number of nitrogens with zero attached hydrogens (tertiary/aromatic N) is 1. The zero-order chi connectivity index (χ0) is 26.0. The quantitative estimate of drug-likeness (QED) is 0.0699. The van der Waals surface area contributed by atoms with Crippen LogP contribution in [0.25, 0.3) is 0 Å². The molecule has 7 heteroatoms. The molecule has 0 bridgehead atoms. The van der Waals surface area contributed by atoms with Gasteiger partial charge in [-0.05, 0) is 12.8 Å². The van der Waals surface area contributed by atoms with Crippen LogP contribution in [0.4, 0.5) is 0 Å². The number of aromatic amines is 1. The molecule has 0 fully saturated rings. The number of imidazole rings is 1. The monoisotopic (exact) mass is 516 g/mol. The Kier molecular flexibility index (Phi) is 24.1. The first kappa shape index (κ1) is 34.1. The summed E-state index contributed by atoms with van der Waals surface area (Å²) in [5.74, 6) is 1.36. The van der Waals surface area contributed by atoms with Gasteiger partial charge in [-0.3, -0.25) is 4.18 Å². The van der Waals surface area contributed by atoms with Crippen LogP contribution in [0, 0.1) is 0 Å². The van der Waals surface area contributed by atoms with E-state index in [-0.39, 0.29) is 6.61 Å². The zero-order valence-electron chi connectivity index (χ0n) is 23.2. The van der Waals surface area contributed by atoms with Crippen LogP contribution in [0.15, 0.2) is 12.4 Å². The van der Waals surface area contributed by atoms with Crippen LogP contribution >= 0.6 is 0 Å². The van der Waals surface area contributed by atoms with Gasteiger partial charge in [-0.25, -0.2) is 18.0 Å². The van der Waals surface area contributed by atoms with E-state index >= 15 is 0 Å². The maximum Gasteiger partial charge on any atom is 0.253 e. The lowest BCUT2D eigenvalue weighted by molar-refractivity contribution is -0.677. The van der Waals surface area contributed by atoms with Crippen molar-refractivity contribution in [3.05, 3.63) is 18.2 Å². The molecule has 1 aromatic heterocycles. The Balaban J connectivity index is 0.000000662. The van der Waals surface area contributed by atoms with Gasteiger partial charge in [-0.2, -0.15) is 0 Å². The molecule has 0 saturated heterocycles. The summed E-state index contributed by atoms with van der Waals surface area (Å²) in [4.78, 5) is 3.30. The summed E-state index contributed by atoms with van der Waals surface area (Å²) >= 11 is 0. The lowest BCUT2D eigenvalue weighted by Gasteiger charge is -2.06. The summed E-state index contributed by atoms with van der Waals surface area (Å²) in [6.07, 6.45) is 31.1. The number of unbranched alkanes of at least 4 members (excludes halogenated alkanes) is 18. The van der Waals surface area contributed by atoms with Crippen molar-refractivity contribution >= 4 is 10.4 Å². The van der Waals surface area contributed by atoms with Crippen LogP contribution in [-0.2, 0) is 28.1 Å². The maximum absolute atomic E-state index is 10.1. The molecule has 1 heterocycles. The average Bonchev–Trinajstić information content (AvgIpc) is 3.23. The largest absolute Gasteiger partial charge is 0.726 e. The molecular weight excluding hydrogens is 460 g/mol. The summed E-state index contributed by atoms with van der Waals surface area (Å²) in [6, 6.07) is 0. The van der Waals surface area contributed by atoms with Gasteiger partial charge in [0.2, 0.25) is 10.4 Å². The third-order valence-electron chi connectivity index (χ3n) is 6.47. The van der Waals surface area contributed by atoms with E-state index < -0.39 is 10.4 Å². The fraction of sp³-hybridized carbons (Fsp3) is 0.893. The molecule has 0 radical (unpaired) electrons. The van der Waals surface area contributed by atoms with Gasteiger partial charge in [0, 0.05) is 6.42 Å². The summed E-state index contributed by atoms with van der Waals surface area (Å²) in [5.41, 5.74) is 0. The van der Waals surface area contributed by atoms with Crippen molar-refractivity contribution in [1.82, 2.24) is 4.98 Å². The highest BCUT2D eigenvalue weighted by molar-refractivity contribution is 7.80. The summed E-state index contributed by atoms with van der Waals surface area (Å²) in [6.45, 7) is 4.52. The van der Waals surface area contributed by atoms with Crippen LogP contribution in [-0.4, -0.2) is 24.6 Å². The van der Waals surface area contributed by atoms with Crippen molar-refractivity contribution in [3.8, 4) is 0 Å². The molecule has 0 saturated carbocycles. The summed E-state index contributed by atoms with van der Waals surface area (Å²) < 4.78 is 36.6. The number of nitrogens with one attached hydrogen (secondary N) is 1. The molecule has 0 aliphatic rings. The van der Waals surface area contributed by atoms with E-state index in [9.17, 15) is 13.0 Å². The van der Waals surface area contributed by atoms with Crippen molar-refractivity contribution in [2.45, 2.75) is 149 Å². The molecule has 1 rings (SSSR count). The molecule has 0 aromatic carbocycles. The SMILES string of the molecule is CCCCCCCCCCCCOS(=O)(=O)[O-].CCCCCCCCCCCCc1[nH]cc[n+]1C. The third kappa shape index (κ3) is 26.0. The predicted octanol–water partition coefficient (Wildman–Crippen LogP) is 7.69. The first-order chi connectivity index (χ1) is 16.9. The van der Waals surface area contributed by atoms with E-state index in [1.807, 2.05) is 6.20 Å². The molecule has 1 aromatic rings. The normalized spacial score (nSPS) is 11.4. The van der Waals surface area contributed by atoms with Gasteiger partial charge >= 0.3 is 0 Å². The van der Waals surface area contributed by atoms with E-state index in [4.69, 9.17) is 0 Å². The first-order valence-corrected chi connectivity index (χ1v) is 15.9. The topological polar surface area (TPSA) is 86.1 Å². The highest BCUT2D eigenvalue weighted by Crippen LogP contribution is 2.12. The van der Waals surface area contributed by atoms with Crippen LogP contribution in [0.3, 0.4) is 0 Å². The molecule has 0 aliphatic carbocycles. The van der Waals surface area contributed by atoms with Crippen LogP contribution in [0.2, 0.25) is 0 Å². The third-order valence-corrected chi connectivity index (χ3v) is 6.92. The van der Waals surface area contributed by atoms with Gasteiger partial charge in [-0.15, -0.1) is 0 Å². The number of hydrogen-bond donors (Lipinski definition) is 1. The van der Waals surface area contributed by atoms with Crippen LogP contribution in [0.1, 0.15) is 148 Å². The van der Waals surface area contributed by atoms with Crippen molar-refractivity contribution < 1.29 is 21.7 Å². The molecule has 35 heavy (non-hydrogen) atoms. The van der Waals surface area contributed by atoms with E-state index in [0.717, 1.165) is 12.8 Å². The minimum atomic E-state index is -4.48. The molecule has 208 valence electrons. The van der Waals surface area contributed by atoms with Gasteiger partial charge < -0.3 is 4.55 Å². The molecule has 0 spiro atoms. The number of aromatic nitrogens is 2. The maximum atomic E-state index is 10.1.